The molecular formula is C43H73N9O20. The second kappa shape index (κ2) is 43.6. The van der Waals surface area contributed by atoms with Gasteiger partial charge in [-0.25, -0.2) is 0 Å². The molecule has 0 spiro atoms. The third-order valence-electron chi connectivity index (χ3n) is 8.33. The quantitative estimate of drug-likeness (QED) is 0.0478. The largest absolute Gasteiger partial charge is 0.508 e. The maximum atomic E-state index is 10.4. The van der Waals surface area contributed by atoms with Crippen molar-refractivity contribution in [2.75, 3.05) is 6.54 Å². The first kappa shape index (κ1) is 73.6. The molecule has 0 aromatic heterocycles. The lowest BCUT2D eigenvalue weighted by molar-refractivity contribution is -0.141. The van der Waals surface area contributed by atoms with E-state index in [-0.39, 0.29) is 50.2 Å². The van der Waals surface area contributed by atoms with Crippen LogP contribution in [0, 0.1) is 5.92 Å². The Bertz CT molecular complexity index is 1880. The Morgan fingerprint density at radius 3 is 1.03 bits per heavy atom. The van der Waals surface area contributed by atoms with Gasteiger partial charge in [-0.1, -0.05) is 62.7 Å². The van der Waals surface area contributed by atoms with Gasteiger partial charge in [0.25, 0.3) is 0 Å². The maximum absolute atomic E-state index is 10.4. The van der Waals surface area contributed by atoms with Crippen LogP contribution in [0.3, 0.4) is 0 Å². The van der Waals surface area contributed by atoms with Gasteiger partial charge in [0.1, 0.15) is 48.0 Å². The first-order valence-corrected chi connectivity index (χ1v) is 21.3. The van der Waals surface area contributed by atoms with Gasteiger partial charge in [-0.15, -0.1) is 0 Å². The molecule has 0 aliphatic carbocycles. The summed E-state index contributed by atoms with van der Waals surface area (Å²) in [6.45, 7) is 4.16. The maximum Gasteiger partial charge on any atom is 0.321 e. The second-order valence-electron chi connectivity index (χ2n) is 15.2. The number of carbonyl (C=O) groups excluding carboxylic acids is 1. The molecule has 0 radical (unpaired) electrons. The zero-order valence-electron chi connectivity index (χ0n) is 39.8. The van der Waals surface area contributed by atoms with Crippen LogP contribution in [0.25, 0.3) is 0 Å². The predicted octanol–water partition coefficient (Wildman–Crippen LogP) is -2.63. The van der Waals surface area contributed by atoms with Crippen molar-refractivity contribution in [1.29, 1.82) is 0 Å². The summed E-state index contributed by atoms with van der Waals surface area (Å²) in [6, 6.07) is 9.26. The molecule has 72 heavy (non-hydrogen) atoms. The molecule has 29 heteroatoms. The van der Waals surface area contributed by atoms with E-state index >= 15 is 0 Å². The van der Waals surface area contributed by atoms with Crippen molar-refractivity contribution in [1.82, 2.24) is 0 Å². The highest BCUT2D eigenvalue weighted by molar-refractivity contribution is 5.83. The van der Waals surface area contributed by atoms with E-state index < -0.39 is 102 Å². The van der Waals surface area contributed by atoms with E-state index in [1.807, 2.05) is 30.3 Å². The van der Waals surface area contributed by atoms with E-state index in [0.29, 0.717) is 19.4 Å². The average Bonchev–Trinajstić information content (AvgIpc) is 3.28. The van der Waals surface area contributed by atoms with Crippen molar-refractivity contribution in [3.05, 3.63) is 65.7 Å². The van der Waals surface area contributed by atoms with E-state index in [4.69, 9.17) is 96.9 Å². The third-order valence-corrected chi connectivity index (χ3v) is 8.33. The molecule has 2 aromatic rings. The molecule has 0 saturated heterocycles. The topological polar surface area (TPSA) is 607 Å². The number of hydrogen-bond acceptors (Lipinski definition) is 19. The smallest absolute Gasteiger partial charge is 0.321 e. The summed E-state index contributed by atoms with van der Waals surface area (Å²) >= 11 is 0. The van der Waals surface area contributed by atoms with Gasteiger partial charge < -0.3 is 103 Å². The number of aromatic hydroxyl groups is 1. The average molecular weight is 1040 g/mol. The SMILES string of the molecule is CC(C)[C@H](N)C(=O)O.NC(=O)C[C@H](N)C(=O)O.NCCCC[C@H](N)C(=O)O.N[C@@H](CCC(=O)O)C(=O)O.N[C@@H](CCC(=O)O)C(=O)O.N[C@@H](Cc1ccc(O)cc1)C(=O)O.N[C@@H](Cc1ccccc1)C(=O)O. The van der Waals surface area contributed by atoms with Crippen LogP contribution in [0.5, 0.6) is 5.75 Å². The molecule has 28 N–H and O–H groups in total. The van der Waals surface area contributed by atoms with E-state index in [9.17, 15) is 47.9 Å². The molecular weight excluding hydrogens is 963 g/mol. The molecule has 0 heterocycles. The monoisotopic (exact) mass is 1040 g/mol. The Morgan fingerprint density at radius 1 is 0.444 bits per heavy atom. The summed E-state index contributed by atoms with van der Waals surface area (Å²) in [5.41, 5.74) is 47.6. The molecule has 0 fully saturated rings. The van der Waals surface area contributed by atoms with Crippen LogP contribution in [0.2, 0.25) is 0 Å². The molecule has 0 saturated carbocycles. The lowest BCUT2D eigenvalue weighted by Crippen LogP contribution is -2.34. The van der Waals surface area contributed by atoms with Crippen molar-refractivity contribution in [3.8, 4) is 5.75 Å². The molecule has 7 atom stereocenters. The number of primary amides is 1. The van der Waals surface area contributed by atoms with Crippen LogP contribution in [0.15, 0.2) is 54.6 Å². The van der Waals surface area contributed by atoms with Crippen LogP contribution in [0.4, 0.5) is 0 Å². The highest BCUT2D eigenvalue weighted by Gasteiger charge is 2.16. The van der Waals surface area contributed by atoms with Crippen molar-refractivity contribution in [3.63, 3.8) is 0 Å². The number of phenolic OH excluding ortho intramolecular Hbond substituents is 1. The van der Waals surface area contributed by atoms with E-state index in [2.05, 4.69) is 5.73 Å². The molecule has 410 valence electrons. The van der Waals surface area contributed by atoms with Crippen LogP contribution < -0.4 is 51.6 Å². The summed E-state index contributed by atoms with van der Waals surface area (Å²) in [5, 5.41) is 83.2. The van der Waals surface area contributed by atoms with Gasteiger partial charge >= 0.3 is 53.7 Å². The van der Waals surface area contributed by atoms with E-state index in [1.54, 1.807) is 26.0 Å². The summed E-state index contributed by atoms with van der Waals surface area (Å²) in [7, 11) is 0. The predicted molar refractivity (Wildman–Crippen MR) is 257 cm³/mol. The minimum Gasteiger partial charge on any atom is -0.508 e. The van der Waals surface area contributed by atoms with Gasteiger partial charge in [-0.2, -0.15) is 0 Å². The lowest BCUT2D eigenvalue weighted by Gasteiger charge is -2.07. The summed E-state index contributed by atoms with van der Waals surface area (Å²) in [4.78, 5) is 101. The fourth-order valence-electron chi connectivity index (χ4n) is 3.95. The molecule has 2 rings (SSSR count). The van der Waals surface area contributed by atoms with E-state index in [1.165, 1.54) is 12.1 Å². The normalized spacial score (nSPS) is 12.7. The summed E-state index contributed by atoms with van der Waals surface area (Å²) < 4.78 is 0. The van der Waals surface area contributed by atoms with Gasteiger partial charge in [-0.05, 0) is 74.2 Å². The second-order valence-corrected chi connectivity index (χ2v) is 15.2. The van der Waals surface area contributed by atoms with Crippen LogP contribution in [0.1, 0.15) is 76.3 Å². The standard InChI is InChI=1S/C9H11NO3.C9H11NO2.C6H14N2O2.2C5H9NO4.C5H11NO2.C4H8N2O3/c10-8(9(12)13)5-6-1-3-7(11)4-2-6;10-8(9(11)12)6-7-4-2-1-3-5-7;7-4-2-1-3-5(8)6(9)10;2*6-3(5(9)10)1-2-4(7)8;1-3(2)4(6)5(7)8;5-2(4(8)9)1-3(6)7/h1-4,8,11H,5,10H2,(H,12,13);1-5,8H,6,10H2,(H,11,12);5H,1-4,7-8H2,(H,9,10);2*3H,1-2,6H2,(H,7,8)(H,9,10);3-4H,6H2,1-2H3,(H,7,8);2H,1,5H2,(H2,6,7)(H,8,9)/t2*8-;5-;2*3-;4-;2-/m0000000/s1. The van der Waals surface area contributed by atoms with Gasteiger partial charge in [0.05, 0.1) is 6.42 Å². The first-order valence-electron chi connectivity index (χ1n) is 21.3. The molecule has 2 aromatic carbocycles. The third kappa shape index (κ3) is 49.1. The number of carboxylic acids is 9. The Labute approximate surface area is 413 Å². The number of carboxylic acid groups (broad SMARTS) is 9. The molecule has 29 nitrogen and oxygen atoms in total. The molecule has 0 bridgehead atoms. The molecule has 0 aliphatic rings. The van der Waals surface area contributed by atoms with Crippen LogP contribution >= 0.6 is 0 Å². The number of aliphatic carboxylic acids is 9. The minimum absolute atomic E-state index is 0.0208. The minimum atomic E-state index is -1.21. The summed E-state index contributed by atoms with van der Waals surface area (Å²) in [5.74, 6) is -9.97. The highest BCUT2D eigenvalue weighted by Crippen LogP contribution is 2.11. The van der Waals surface area contributed by atoms with Gasteiger partial charge in [0, 0.05) is 12.8 Å². The highest BCUT2D eigenvalue weighted by atomic mass is 16.4. The number of carbonyl (C=O) groups is 10. The van der Waals surface area contributed by atoms with Crippen LogP contribution in [-0.2, 0) is 60.8 Å². The van der Waals surface area contributed by atoms with Crippen molar-refractivity contribution in [2.24, 2.45) is 57.5 Å². The Balaban J connectivity index is -0.000000244. The fourth-order valence-corrected chi connectivity index (χ4v) is 3.95. The van der Waals surface area contributed by atoms with Gasteiger partial charge in [0.2, 0.25) is 5.91 Å². The Morgan fingerprint density at radius 2 is 0.778 bits per heavy atom. The van der Waals surface area contributed by atoms with Crippen LogP contribution in [-0.4, -0.2) is 160 Å². The number of hydrogen-bond donors (Lipinski definition) is 19. The number of nitrogens with two attached hydrogens (primary N) is 9. The molecule has 1 amide bonds. The zero-order chi connectivity index (χ0) is 57.3. The Kier molecular flexibility index (Phi) is 44.6. The Hall–Kier alpha value is -7.38. The van der Waals surface area contributed by atoms with Crippen molar-refractivity contribution >= 4 is 59.6 Å². The van der Waals surface area contributed by atoms with Crippen molar-refractivity contribution in [2.45, 2.75) is 120 Å². The number of rotatable bonds is 24. The lowest BCUT2D eigenvalue weighted by atomic mass is 10.1. The zero-order valence-corrected chi connectivity index (χ0v) is 39.8. The van der Waals surface area contributed by atoms with Gasteiger partial charge in [-0.3, -0.25) is 47.9 Å². The number of phenols is 1. The number of benzene rings is 2. The fraction of sp³-hybridized carbons (Fsp3) is 0.488. The first-order chi connectivity index (χ1) is 33.1. The molecule has 0 unspecified atom stereocenters. The van der Waals surface area contributed by atoms with E-state index in [0.717, 1.165) is 24.0 Å². The number of amides is 1. The number of unbranched alkanes of at least 4 members (excludes halogenated alkanes) is 1. The van der Waals surface area contributed by atoms with Gasteiger partial charge in [0.15, 0.2) is 0 Å². The van der Waals surface area contributed by atoms with Crippen molar-refractivity contribution < 1.29 is 99.0 Å². The molecule has 0 aliphatic heterocycles. The summed E-state index contributed by atoms with van der Waals surface area (Å²) in [6.07, 6.45) is 2.06.